The zero-order chi connectivity index (χ0) is 18.8. The van der Waals surface area contributed by atoms with Crippen LogP contribution in [0.1, 0.15) is 28.8 Å². The minimum Gasteiger partial charge on any atom is -0.381 e. The number of nitrogens with zero attached hydrogens (tertiary/aromatic N) is 1. The van der Waals surface area contributed by atoms with Crippen molar-refractivity contribution in [3.8, 4) is 0 Å². The van der Waals surface area contributed by atoms with Crippen LogP contribution < -0.4 is 5.32 Å². The van der Waals surface area contributed by atoms with Crippen molar-refractivity contribution in [1.82, 2.24) is 4.90 Å². The number of anilines is 1. The highest BCUT2D eigenvalue weighted by Gasteiger charge is 2.25. The lowest BCUT2D eigenvalue weighted by Crippen LogP contribution is -2.27. The predicted molar refractivity (Wildman–Crippen MR) is 85.1 cm³/mol. The molecule has 1 amide bonds. The van der Waals surface area contributed by atoms with E-state index >= 15 is 0 Å². The first-order chi connectivity index (χ1) is 12.4. The van der Waals surface area contributed by atoms with Gasteiger partial charge in [-0.15, -0.1) is 0 Å². The Morgan fingerprint density at radius 2 is 1.35 bits per heavy atom. The summed E-state index contributed by atoms with van der Waals surface area (Å²) in [5.74, 6) is -9.98. The van der Waals surface area contributed by atoms with Gasteiger partial charge in [0.05, 0.1) is 0 Å². The molecule has 0 aromatic heterocycles. The van der Waals surface area contributed by atoms with E-state index < -0.39 is 41.2 Å². The quantitative estimate of drug-likeness (QED) is 0.496. The van der Waals surface area contributed by atoms with Crippen LogP contribution in [0.2, 0.25) is 0 Å². The average Bonchev–Trinajstić information content (AvgIpc) is 3.19. The van der Waals surface area contributed by atoms with E-state index in [4.69, 9.17) is 0 Å². The summed E-state index contributed by atoms with van der Waals surface area (Å²) in [5.41, 5.74) is -0.0979. The Bertz CT molecular complexity index is 803. The zero-order valence-corrected chi connectivity index (χ0v) is 13.6. The summed E-state index contributed by atoms with van der Waals surface area (Å²) in [6.45, 7) is 0.823. The first-order valence-electron chi connectivity index (χ1n) is 8.03. The van der Waals surface area contributed by atoms with Gasteiger partial charge in [-0.3, -0.25) is 4.79 Å². The lowest BCUT2D eigenvalue weighted by molar-refractivity contribution is 0.0793. The van der Waals surface area contributed by atoms with Gasteiger partial charge in [-0.25, -0.2) is 22.0 Å². The first kappa shape index (κ1) is 18.2. The summed E-state index contributed by atoms with van der Waals surface area (Å²) in [4.78, 5) is 14.0. The molecule has 0 bridgehead atoms. The second-order valence-corrected chi connectivity index (χ2v) is 5.98. The molecule has 138 valence electrons. The van der Waals surface area contributed by atoms with Crippen molar-refractivity contribution in [3.63, 3.8) is 0 Å². The van der Waals surface area contributed by atoms with Gasteiger partial charge in [0, 0.05) is 36.4 Å². The number of nitrogens with one attached hydrogen (secondary N) is 1. The van der Waals surface area contributed by atoms with E-state index in [1.165, 1.54) is 12.1 Å². The van der Waals surface area contributed by atoms with Gasteiger partial charge in [0.2, 0.25) is 5.82 Å². The monoisotopic (exact) mass is 370 g/mol. The molecule has 0 radical (unpaired) electrons. The molecule has 3 rings (SSSR count). The third kappa shape index (κ3) is 3.36. The average molecular weight is 370 g/mol. The van der Waals surface area contributed by atoms with E-state index in [2.05, 4.69) is 5.32 Å². The molecule has 1 fully saturated rings. The van der Waals surface area contributed by atoms with Crippen LogP contribution in [0.15, 0.2) is 24.3 Å². The number of amides is 1. The van der Waals surface area contributed by atoms with Crippen molar-refractivity contribution in [3.05, 3.63) is 64.5 Å². The van der Waals surface area contributed by atoms with Crippen LogP contribution in [0.3, 0.4) is 0 Å². The summed E-state index contributed by atoms with van der Waals surface area (Å²) in [6.07, 6.45) is 1.93. The fourth-order valence-corrected chi connectivity index (χ4v) is 2.83. The van der Waals surface area contributed by atoms with Crippen molar-refractivity contribution >= 4 is 11.6 Å². The van der Waals surface area contributed by atoms with Crippen LogP contribution in [0.4, 0.5) is 27.6 Å². The number of carbonyl (C=O) groups is 1. The molecule has 26 heavy (non-hydrogen) atoms. The van der Waals surface area contributed by atoms with Gasteiger partial charge in [-0.2, -0.15) is 0 Å². The van der Waals surface area contributed by atoms with Crippen molar-refractivity contribution < 1.29 is 26.7 Å². The Labute approximate surface area is 146 Å². The fourth-order valence-electron chi connectivity index (χ4n) is 2.83. The minimum atomic E-state index is -2.19. The Kier molecular flexibility index (Phi) is 5.11. The van der Waals surface area contributed by atoms with Gasteiger partial charge >= 0.3 is 0 Å². The van der Waals surface area contributed by atoms with E-state index in [0.717, 1.165) is 12.8 Å². The summed E-state index contributed by atoms with van der Waals surface area (Å²) in [5, 5.41) is 2.59. The van der Waals surface area contributed by atoms with Gasteiger partial charge in [-0.1, -0.05) is 0 Å². The van der Waals surface area contributed by atoms with E-state index in [-0.39, 0.29) is 5.91 Å². The highest BCUT2D eigenvalue weighted by Crippen LogP contribution is 2.24. The number of benzene rings is 2. The molecular formula is C18H15F5N2O. The normalized spacial score (nSPS) is 14.0. The second kappa shape index (κ2) is 7.31. The highest BCUT2D eigenvalue weighted by molar-refractivity contribution is 5.94. The topological polar surface area (TPSA) is 32.3 Å². The summed E-state index contributed by atoms with van der Waals surface area (Å²) in [6, 6.07) is 6.10. The molecule has 2 aromatic rings. The zero-order valence-electron chi connectivity index (χ0n) is 13.6. The Balaban J connectivity index is 1.72. The summed E-state index contributed by atoms with van der Waals surface area (Å²) in [7, 11) is 0. The lowest BCUT2D eigenvalue weighted by atomic mass is 10.1. The molecule has 0 atom stereocenters. The standard InChI is InChI=1S/C18H15F5N2O/c19-13-12(14(20)16(22)17(23)15(13)21)9-24-11-5-3-10(4-6-11)18(26)25-7-1-2-8-25/h3-6,24H,1-2,7-9H2. The van der Waals surface area contributed by atoms with Crippen molar-refractivity contribution in [1.29, 1.82) is 0 Å². The van der Waals surface area contributed by atoms with Gasteiger partial charge in [0.1, 0.15) is 0 Å². The van der Waals surface area contributed by atoms with Crippen LogP contribution in [-0.4, -0.2) is 23.9 Å². The molecule has 8 heteroatoms. The molecule has 1 aliphatic heterocycles. The van der Waals surface area contributed by atoms with Gasteiger partial charge in [-0.05, 0) is 37.1 Å². The van der Waals surface area contributed by atoms with Crippen molar-refractivity contribution in [2.24, 2.45) is 0 Å². The molecular weight excluding hydrogens is 355 g/mol. The minimum absolute atomic E-state index is 0.103. The molecule has 0 aliphatic carbocycles. The van der Waals surface area contributed by atoms with Gasteiger partial charge in [0.25, 0.3) is 5.91 Å². The number of rotatable bonds is 4. The maximum Gasteiger partial charge on any atom is 0.253 e. The van der Waals surface area contributed by atoms with Gasteiger partial charge in [0.15, 0.2) is 23.3 Å². The van der Waals surface area contributed by atoms with Crippen LogP contribution in [0, 0.1) is 29.1 Å². The number of hydrogen-bond donors (Lipinski definition) is 1. The molecule has 0 saturated carbocycles. The largest absolute Gasteiger partial charge is 0.381 e. The lowest BCUT2D eigenvalue weighted by Gasteiger charge is -2.15. The first-order valence-corrected chi connectivity index (χ1v) is 8.03. The highest BCUT2D eigenvalue weighted by atomic mass is 19.2. The van der Waals surface area contributed by atoms with E-state index in [0.29, 0.717) is 24.3 Å². The number of carbonyl (C=O) groups excluding carboxylic acids is 1. The SMILES string of the molecule is O=C(c1ccc(NCc2c(F)c(F)c(F)c(F)c2F)cc1)N1CCCC1. The van der Waals surface area contributed by atoms with Crippen molar-refractivity contribution in [2.45, 2.75) is 19.4 Å². The van der Waals surface area contributed by atoms with E-state index in [9.17, 15) is 26.7 Å². The number of likely N-dealkylation sites (tertiary alicyclic amines) is 1. The van der Waals surface area contributed by atoms with Crippen LogP contribution in [0.5, 0.6) is 0 Å². The molecule has 3 nitrogen and oxygen atoms in total. The maximum absolute atomic E-state index is 13.6. The molecule has 1 N–H and O–H groups in total. The van der Waals surface area contributed by atoms with Gasteiger partial charge < -0.3 is 10.2 Å². The maximum atomic E-state index is 13.6. The molecule has 1 heterocycles. The molecule has 0 spiro atoms. The van der Waals surface area contributed by atoms with Crippen LogP contribution in [0.25, 0.3) is 0 Å². The Morgan fingerprint density at radius 1 is 0.846 bits per heavy atom. The Morgan fingerprint density at radius 3 is 1.88 bits per heavy atom. The molecule has 2 aromatic carbocycles. The molecule has 0 unspecified atom stereocenters. The van der Waals surface area contributed by atoms with Crippen LogP contribution >= 0.6 is 0 Å². The summed E-state index contributed by atoms with van der Waals surface area (Å²) >= 11 is 0. The second-order valence-electron chi connectivity index (χ2n) is 5.98. The third-order valence-corrected chi connectivity index (χ3v) is 4.30. The number of hydrogen-bond acceptors (Lipinski definition) is 2. The third-order valence-electron chi connectivity index (χ3n) is 4.30. The fraction of sp³-hybridized carbons (Fsp3) is 0.278. The summed E-state index contributed by atoms with van der Waals surface area (Å²) < 4.78 is 66.7. The predicted octanol–water partition coefficient (Wildman–Crippen LogP) is 4.23. The van der Waals surface area contributed by atoms with E-state index in [1.54, 1.807) is 17.0 Å². The van der Waals surface area contributed by atoms with E-state index in [1.807, 2.05) is 0 Å². The van der Waals surface area contributed by atoms with Crippen molar-refractivity contribution in [2.75, 3.05) is 18.4 Å². The van der Waals surface area contributed by atoms with Crippen LogP contribution in [-0.2, 0) is 6.54 Å². The Hall–Kier alpha value is -2.64. The number of halogens is 5. The molecule has 1 aliphatic rings. The molecule has 1 saturated heterocycles. The smallest absolute Gasteiger partial charge is 0.253 e.